The van der Waals surface area contributed by atoms with E-state index in [1.165, 1.54) is 44.2 Å². The van der Waals surface area contributed by atoms with Crippen molar-refractivity contribution >= 4 is 11.8 Å². The lowest BCUT2D eigenvalue weighted by molar-refractivity contribution is -0.139. The van der Waals surface area contributed by atoms with Gasteiger partial charge < -0.3 is 9.80 Å². The Balaban J connectivity index is 1.38. The van der Waals surface area contributed by atoms with Crippen LogP contribution in [0.15, 0.2) is 24.3 Å². The van der Waals surface area contributed by atoms with E-state index in [0.717, 1.165) is 25.8 Å². The van der Waals surface area contributed by atoms with Crippen LogP contribution in [0.3, 0.4) is 0 Å². The molecule has 2 aliphatic heterocycles. The number of piperidine rings is 2. The lowest BCUT2D eigenvalue weighted by atomic mass is 9.82. The Bertz CT molecular complexity index is 716. The largest absolute Gasteiger partial charge is 0.339 e. The number of benzene rings is 1. The summed E-state index contributed by atoms with van der Waals surface area (Å²) in [5.74, 6) is 0.764. The van der Waals surface area contributed by atoms with Crippen molar-refractivity contribution in [2.75, 3.05) is 19.6 Å². The first kappa shape index (κ1) is 19.4. The van der Waals surface area contributed by atoms with Crippen molar-refractivity contribution in [1.29, 1.82) is 0 Å². The van der Waals surface area contributed by atoms with E-state index in [9.17, 15) is 14.0 Å². The van der Waals surface area contributed by atoms with Crippen LogP contribution in [-0.4, -0.2) is 47.3 Å². The number of hydrogen-bond donors (Lipinski definition) is 0. The zero-order chi connectivity index (χ0) is 19.5. The van der Waals surface area contributed by atoms with Crippen LogP contribution in [0.4, 0.5) is 4.39 Å². The lowest BCUT2D eigenvalue weighted by Crippen LogP contribution is -2.56. The summed E-state index contributed by atoms with van der Waals surface area (Å²) in [6.07, 6.45) is 9.85. The molecule has 2 saturated heterocycles. The molecular formula is C23H31FN2O2. The van der Waals surface area contributed by atoms with Gasteiger partial charge in [0.15, 0.2) is 0 Å². The van der Waals surface area contributed by atoms with E-state index in [0.29, 0.717) is 42.8 Å². The van der Waals surface area contributed by atoms with Gasteiger partial charge in [-0.15, -0.1) is 0 Å². The molecule has 5 heteroatoms. The number of carbonyl (C=O) groups excluding carboxylic acids is 2. The topological polar surface area (TPSA) is 40.6 Å². The Morgan fingerprint density at radius 1 is 1.00 bits per heavy atom. The first-order valence-electron chi connectivity index (χ1n) is 11.0. The molecule has 0 spiro atoms. The van der Waals surface area contributed by atoms with Crippen molar-refractivity contribution < 1.29 is 14.0 Å². The van der Waals surface area contributed by atoms with E-state index < -0.39 is 0 Å². The molecule has 0 aromatic heterocycles. The number of likely N-dealkylation sites (tertiary alicyclic amines) is 2. The summed E-state index contributed by atoms with van der Waals surface area (Å²) in [5.41, 5.74) is 0.416. The number of halogens is 1. The molecule has 3 aliphatic rings. The van der Waals surface area contributed by atoms with Gasteiger partial charge in [-0.05, 0) is 62.1 Å². The summed E-state index contributed by atoms with van der Waals surface area (Å²) in [7, 11) is 0. The fraction of sp³-hybridized carbons (Fsp3) is 0.652. The average Bonchev–Trinajstić information content (AvgIpc) is 2.73. The molecule has 0 bridgehead atoms. The second kappa shape index (κ2) is 8.62. The molecule has 0 N–H and O–H groups in total. The molecule has 152 valence electrons. The van der Waals surface area contributed by atoms with Crippen LogP contribution in [0, 0.1) is 17.7 Å². The van der Waals surface area contributed by atoms with Crippen molar-refractivity contribution in [2.45, 2.75) is 63.8 Å². The van der Waals surface area contributed by atoms with Gasteiger partial charge in [0.05, 0.1) is 0 Å². The molecule has 2 atom stereocenters. The van der Waals surface area contributed by atoms with Crippen LogP contribution < -0.4 is 0 Å². The zero-order valence-electron chi connectivity index (χ0n) is 16.6. The quantitative estimate of drug-likeness (QED) is 0.779. The number of amides is 2. The number of nitrogens with zero attached hydrogens (tertiary/aromatic N) is 2. The van der Waals surface area contributed by atoms with E-state index in [1.54, 1.807) is 12.1 Å². The fourth-order valence-electron chi connectivity index (χ4n) is 5.46. The Hall–Kier alpha value is -1.91. The van der Waals surface area contributed by atoms with Crippen molar-refractivity contribution in [3.05, 3.63) is 35.6 Å². The molecule has 1 aromatic rings. The molecule has 0 unspecified atom stereocenters. The van der Waals surface area contributed by atoms with Crippen molar-refractivity contribution in [3.63, 3.8) is 0 Å². The summed E-state index contributed by atoms with van der Waals surface area (Å²) in [6, 6.07) is 6.20. The minimum atomic E-state index is -0.377. The molecule has 1 aromatic carbocycles. The highest BCUT2D eigenvalue weighted by Gasteiger charge is 2.39. The van der Waals surface area contributed by atoms with Crippen molar-refractivity contribution in [2.24, 2.45) is 11.8 Å². The second-order valence-corrected chi connectivity index (χ2v) is 8.82. The minimum absolute atomic E-state index is 0.0939. The molecule has 1 saturated carbocycles. The number of hydrogen-bond acceptors (Lipinski definition) is 2. The maximum Gasteiger partial charge on any atom is 0.253 e. The summed E-state index contributed by atoms with van der Waals surface area (Å²) < 4.78 is 13.5. The monoisotopic (exact) mass is 386 g/mol. The number of carbonyl (C=O) groups is 2. The minimum Gasteiger partial charge on any atom is -0.339 e. The zero-order valence-corrected chi connectivity index (χ0v) is 16.6. The predicted molar refractivity (Wildman–Crippen MR) is 106 cm³/mol. The number of fused-ring (bicyclic) bond motifs is 1. The van der Waals surface area contributed by atoms with Crippen molar-refractivity contribution in [3.8, 4) is 0 Å². The molecular weight excluding hydrogens is 355 g/mol. The lowest BCUT2D eigenvalue weighted by Gasteiger charge is -2.47. The van der Waals surface area contributed by atoms with Gasteiger partial charge in [-0.25, -0.2) is 4.39 Å². The Morgan fingerprint density at radius 3 is 2.61 bits per heavy atom. The second-order valence-electron chi connectivity index (χ2n) is 8.82. The van der Waals surface area contributed by atoms with Gasteiger partial charge in [0.1, 0.15) is 5.82 Å². The van der Waals surface area contributed by atoms with E-state index in [-0.39, 0.29) is 17.8 Å². The van der Waals surface area contributed by atoms with Gasteiger partial charge in [0.25, 0.3) is 5.91 Å². The molecule has 28 heavy (non-hydrogen) atoms. The molecule has 0 radical (unpaired) electrons. The van der Waals surface area contributed by atoms with Crippen LogP contribution in [0.25, 0.3) is 0 Å². The Morgan fingerprint density at radius 2 is 1.82 bits per heavy atom. The summed E-state index contributed by atoms with van der Waals surface area (Å²) in [6.45, 7) is 2.18. The van der Waals surface area contributed by atoms with Gasteiger partial charge in [-0.3, -0.25) is 9.59 Å². The number of rotatable bonds is 3. The van der Waals surface area contributed by atoms with Crippen LogP contribution >= 0.6 is 0 Å². The Kier molecular flexibility index (Phi) is 5.98. The maximum absolute atomic E-state index is 13.5. The Labute approximate surface area is 167 Å². The van der Waals surface area contributed by atoms with Gasteiger partial charge >= 0.3 is 0 Å². The van der Waals surface area contributed by atoms with Gasteiger partial charge in [0, 0.05) is 37.7 Å². The SMILES string of the molecule is O=C(c1cccc(F)c1)N1CC[C@H]2[C@H](CCCN2C(=O)CC2CCCCC2)C1. The normalized spacial score (nSPS) is 26.0. The maximum atomic E-state index is 13.5. The van der Waals surface area contributed by atoms with Gasteiger partial charge in [0.2, 0.25) is 5.91 Å². The van der Waals surface area contributed by atoms with Crippen LogP contribution in [-0.2, 0) is 4.79 Å². The molecule has 2 heterocycles. The summed E-state index contributed by atoms with van der Waals surface area (Å²) in [5, 5.41) is 0. The summed E-state index contributed by atoms with van der Waals surface area (Å²) in [4.78, 5) is 29.8. The molecule has 3 fully saturated rings. The molecule has 1 aliphatic carbocycles. The van der Waals surface area contributed by atoms with E-state index >= 15 is 0 Å². The smallest absolute Gasteiger partial charge is 0.253 e. The first-order chi connectivity index (χ1) is 13.6. The van der Waals surface area contributed by atoms with Gasteiger partial charge in [-0.1, -0.05) is 25.3 Å². The van der Waals surface area contributed by atoms with E-state index in [4.69, 9.17) is 0 Å². The highest BCUT2D eigenvalue weighted by molar-refractivity contribution is 5.94. The van der Waals surface area contributed by atoms with E-state index in [2.05, 4.69) is 4.90 Å². The third-order valence-corrected chi connectivity index (χ3v) is 6.94. The van der Waals surface area contributed by atoms with E-state index in [1.807, 2.05) is 4.90 Å². The molecule has 4 nitrogen and oxygen atoms in total. The molecule has 2 amide bonds. The third-order valence-electron chi connectivity index (χ3n) is 6.94. The van der Waals surface area contributed by atoms with Crippen LogP contribution in [0.1, 0.15) is 68.1 Å². The van der Waals surface area contributed by atoms with Crippen LogP contribution in [0.2, 0.25) is 0 Å². The standard InChI is InChI=1S/C23H31FN2O2/c24-20-10-4-8-18(15-20)23(28)25-13-11-21-19(16-25)9-5-12-26(21)22(27)14-17-6-2-1-3-7-17/h4,8,10,15,17,19,21H,1-3,5-7,9,11-14,16H2/t19-,21+/m1/s1. The fourth-order valence-corrected chi connectivity index (χ4v) is 5.46. The highest BCUT2D eigenvalue weighted by Crippen LogP contribution is 2.33. The molecule has 4 rings (SSSR count). The van der Waals surface area contributed by atoms with Crippen LogP contribution in [0.5, 0.6) is 0 Å². The first-order valence-corrected chi connectivity index (χ1v) is 11.0. The average molecular weight is 387 g/mol. The van der Waals surface area contributed by atoms with Crippen molar-refractivity contribution in [1.82, 2.24) is 9.80 Å². The highest BCUT2D eigenvalue weighted by atomic mass is 19.1. The van der Waals surface area contributed by atoms with Gasteiger partial charge in [-0.2, -0.15) is 0 Å². The predicted octanol–water partition coefficient (Wildman–Crippen LogP) is 4.25. The third kappa shape index (κ3) is 4.23. The summed E-state index contributed by atoms with van der Waals surface area (Å²) >= 11 is 0.